The average Bonchev–Trinajstić information content (AvgIpc) is 3.06. The summed E-state index contributed by atoms with van der Waals surface area (Å²) in [5.74, 6) is 0.843. The average molecular weight is 355 g/mol. The maximum Gasteiger partial charge on any atom is 0.190 e. The summed E-state index contributed by atoms with van der Waals surface area (Å²) in [5, 5.41) is 2.13. The van der Waals surface area contributed by atoms with Crippen LogP contribution in [-0.2, 0) is 4.74 Å². The minimum Gasteiger partial charge on any atom is -0.497 e. The van der Waals surface area contributed by atoms with Gasteiger partial charge in [0.2, 0.25) is 0 Å². The SMILES string of the molecule is COCC(C)n1c(-c2ccc(OC)cc2)csc1=Nc1cccnc1. The largest absolute Gasteiger partial charge is 0.497 e. The van der Waals surface area contributed by atoms with Gasteiger partial charge >= 0.3 is 0 Å². The Morgan fingerprint density at radius 1 is 1.20 bits per heavy atom. The van der Waals surface area contributed by atoms with Crippen molar-refractivity contribution < 1.29 is 9.47 Å². The first-order chi connectivity index (χ1) is 12.2. The third-order valence-corrected chi connectivity index (χ3v) is 4.69. The summed E-state index contributed by atoms with van der Waals surface area (Å²) in [4.78, 5) is 9.82. The lowest BCUT2D eigenvalue weighted by molar-refractivity contribution is 0.162. The Hall–Kier alpha value is -2.44. The van der Waals surface area contributed by atoms with Crippen LogP contribution in [0.4, 0.5) is 5.69 Å². The topological polar surface area (TPSA) is 48.6 Å². The maximum absolute atomic E-state index is 5.37. The number of hydrogen-bond donors (Lipinski definition) is 0. The molecule has 2 aromatic heterocycles. The van der Waals surface area contributed by atoms with Crippen molar-refractivity contribution in [3.8, 4) is 17.0 Å². The molecule has 1 atom stereocenters. The molecular weight excluding hydrogens is 334 g/mol. The fourth-order valence-corrected chi connectivity index (χ4v) is 3.66. The molecule has 0 fully saturated rings. The number of rotatable bonds is 6. The highest BCUT2D eigenvalue weighted by Crippen LogP contribution is 2.26. The Labute approximate surface area is 151 Å². The molecule has 0 spiro atoms. The van der Waals surface area contributed by atoms with Crippen LogP contribution >= 0.6 is 11.3 Å². The molecule has 1 unspecified atom stereocenters. The van der Waals surface area contributed by atoms with E-state index in [4.69, 9.17) is 14.5 Å². The number of thiazole rings is 1. The van der Waals surface area contributed by atoms with E-state index in [2.05, 4.69) is 34.0 Å². The molecular formula is C19H21N3O2S. The molecule has 0 radical (unpaired) electrons. The smallest absolute Gasteiger partial charge is 0.190 e. The number of ether oxygens (including phenoxy) is 2. The molecule has 2 heterocycles. The van der Waals surface area contributed by atoms with Crippen LogP contribution in [0.5, 0.6) is 5.75 Å². The summed E-state index contributed by atoms with van der Waals surface area (Å²) in [5.41, 5.74) is 3.07. The van der Waals surface area contributed by atoms with E-state index in [1.54, 1.807) is 38.0 Å². The molecule has 0 saturated carbocycles. The van der Waals surface area contributed by atoms with E-state index in [-0.39, 0.29) is 6.04 Å². The van der Waals surface area contributed by atoms with Gasteiger partial charge in [0.05, 0.1) is 37.3 Å². The molecule has 5 nitrogen and oxygen atoms in total. The van der Waals surface area contributed by atoms with Gasteiger partial charge in [-0.15, -0.1) is 11.3 Å². The van der Waals surface area contributed by atoms with Crippen molar-refractivity contribution in [1.29, 1.82) is 0 Å². The van der Waals surface area contributed by atoms with Gasteiger partial charge in [0.15, 0.2) is 4.80 Å². The Bertz CT molecular complexity index is 870. The van der Waals surface area contributed by atoms with E-state index in [0.717, 1.165) is 27.5 Å². The van der Waals surface area contributed by atoms with Gasteiger partial charge in [-0.05, 0) is 48.9 Å². The number of benzene rings is 1. The Balaban J connectivity index is 2.10. The van der Waals surface area contributed by atoms with Gasteiger partial charge in [-0.3, -0.25) is 4.98 Å². The second-order valence-electron chi connectivity index (χ2n) is 5.63. The monoisotopic (exact) mass is 355 g/mol. The van der Waals surface area contributed by atoms with Crippen LogP contribution in [0.25, 0.3) is 11.3 Å². The van der Waals surface area contributed by atoms with Crippen molar-refractivity contribution in [1.82, 2.24) is 9.55 Å². The molecule has 3 rings (SSSR count). The van der Waals surface area contributed by atoms with Crippen LogP contribution in [0, 0.1) is 0 Å². The van der Waals surface area contributed by atoms with Crippen LogP contribution in [0.15, 0.2) is 59.2 Å². The Morgan fingerprint density at radius 2 is 2.00 bits per heavy atom. The maximum atomic E-state index is 5.37. The van der Waals surface area contributed by atoms with E-state index >= 15 is 0 Å². The van der Waals surface area contributed by atoms with Gasteiger partial charge in [-0.1, -0.05) is 0 Å². The molecule has 0 aliphatic carbocycles. The minimum absolute atomic E-state index is 0.156. The number of methoxy groups -OCH3 is 2. The first-order valence-corrected chi connectivity index (χ1v) is 8.89. The first-order valence-electron chi connectivity index (χ1n) is 8.01. The van der Waals surface area contributed by atoms with Gasteiger partial charge in [-0.25, -0.2) is 4.99 Å². The van der Waals surface area contributed by atoms with Crippen molar-refractivity contribution in [2.75, 3.05) is 20.8 Å². The van der Waals surface area contributed by atoms with Crippen molar-refractivity contribution >= 4 is 17.0 Å². The number of hydrogen-bond acceptors (Lipinski definition) is 5. The molecule has 0 saturated heterocycles. The second-order valence-corrected chi connectivity index (χ2v) is 6.47. The molecule has 0 bridgehead atoms. The lowest BCUT2D eigenvalue weighted by Gasteiger charge is -2.16. The Kier molecular flexibility index (Phi) is 5.63. The van der Waals surface area contributed by atoms with Crippen LogP contribution in [0.1, 0.15) is 13.0 Å². The van der Waals surface area contributed by atoms with Crippen LogP contribution in [0.3, 0.4) is 0 Å². The molecule has 25 heavy (non-hydrogen) atoms. The van der Waals surface area contributed by atoms with E-state index in [0.29, 0.717) is 6.61 Å². The van der Waals surface area contributed by atoms with E-state index < -0.39 is 0 Å². The minimum atomic E-state index is 0.156. The molecule has 3 aromatic rings. The molecule has 0 aliphatic rings. The summed E-state index contributed by atoms with van der Waals surface area (Å²) in [7, 11) is 3.39. The van der Waals surface area contributed by atoms with Gasteiger partial charge in [-0.2, -0.15) is 0 Å². The zero-order valence-electron chi connectivity index (χ0n) is 14.5. The number of aromatic nitrogens is 2. The zero-order chi connectivity index (χ0) is 17.6. The lowest BCUT2D eigenvalue weighted by Crippen LogP contribution is -2.22. The quantitative estimate of drug-likeness (QED) is 0.670. The highest BCUT2D eigenvalue weighted by atomic mass is 32.1. The zero-order valence-corrected chi connectivity index (χ0v) is 15.4. The molecule has 0 N–H and O–H groups in total. The highest BCUT2D eigenvalue weighted by Gasteiger charge is 2.14. The van der Waals surface area contributed by atoms with Crippen molar-refractivity contribution in [2.45, 2.75) is 13.0 Å². The second kappa shape index (κ2) is 8.09. The first kappa shape index (κ1) is 17.4. The summed E-state index contributed by atoms with van der Waals surface area (Å²) < 4.78 is 12.8. The lowest BCUT2D eigenvalue weighted by atomic mass is 10.1. The van der Waals surface area contributed by atoms with E-state index in [9.17, 15) is 0 Å². The molecule has 0 amide bonds. The predicted octanol–water partition coefficient (Wildman–Crippen LogP) is 4.06. The van der Waals surface area contributed by atoms with Gasteiger partial charge in [0.1, 0.15) is 5.75 Å². The number of pyridine rings is 1. The van der Waals surface area contributed by atoms with Gasteiger partial charge in [0, 0.05) is 18.7 Å². The van der Waals surface area contributed by atoms with Crippen molar-refractivity contribution in [2.24, 2.45) is 4.99 Å². The van der Waals surface area contributed by atoms with Gasteiger partial charge in [0.25, 0.3) is 0 Å². The van der Waals surface area contributed by atoms with Crippen LogP contribution in [0.2, 0.25) is 0 Å². The molecule has 6 heteroatoms. The van der Waals surface area contributed by atoms with E-state index in [1.807, 2.05) is 24.3 Å². The van der Waals surface area contributed by atoms with Crippen molar-refractivity contribution in [3.05, 3.63) is 59.0 Å². The fourth-order valence-electron chi connectivity index (χ4n) is 2.65. The third-order valence-electron chi connectivity index (χ3n) is 3.85. The number of nitrogens with zero attached hydrogens (tertiary/aromatic N) is 3. The standard InChI is InChI=1S/C19H21N3O2S/c1-14(12-23-2)22-18(15-6-8-17(24-3)9-7-15)13-25-19(22)21-16-5-4-10-20-11-16/h4-11,13-14H,12H2,1-3H3. The molecule has 1 aromatic carbocycles. The summed E-state index contributed by atoms with van der Waals surface area (Å²) in [6.07, 6.45) is 3.51. The summed E-state index contributed by atoms with van der Waals surface area (Å²) >= 11 is 1.61. The summed E-state index contributed by atoms with van der Waals surface area (Å²) in [6, 6.07) is 12.1. The predicted molar refractivity (Wildman–Crippen MR) is 100 cm³/mol. The Morgan fingerprint density at radius 3 is 2.64 bits per heavy atom. The summed E-state index contributed by atoms with van der Waals surface area (Å²) in [6.45, 7) is 2.74. The van der Waals surface area contributed by atoms with E-state index in [1.165, 1.54) is 0 Å². The van der Waals surface area contributed by atoms with Gasteiger partial charge < -0.3 is 14.0 Å². The molecule has 130 valence electrons. The highest BCUT2D eigenvalue weighted by molar-refractivity contribution is 7.07. The van der Waals surface area contributed by atoms with Crippen LogP contribution < -0.4 is 9.54 Å². The fraction of sp³-hybridized carbons (Fsp3) is 0.263. The molecule has 0 aliphatic heterocycles. The van der Waals surface area contributed by atoms with Crippen LogP contribution in [-0.4, -0.2) is 30.4 Å². The normalized spacial score (nSPS) is 13.0. The third kappa shape index (κ3) is 3.97. The van der Waals surface area contributed by atoms with Crippen molar-refractivity contribution in [3.63, 3.8) is 0 Å².